The highest BCUT2D eigenvalue weighted by atomic mass is 16.5. The fourth-order valence-corrected chi connectivity index (χ4v) is 3.03. The van der Waals surface area contributed by atoms with Crippen LogP contribution in [0.25, 0.3) is 0 Å². The first kappa shape index (κ1) is 18.9. The van der Waals surface area contributed by atoms with Crippen LogP contribution < -0.4 is 4.90 Å². The lowest BCUT2D eigenvalue weighted by Gasteiger charge is -2.32. The summed E-state index contributed by atoms with van der Waals surface area (Å²) >= 11 is 0. The Morgan fingerprint density at radius 3 is 2.56 bits per heavy atom. The molecule has 6 heteroatoms. The summed E-state index contributed by atoms with van der Waals surface area (Å²) < 4.78 is 5.07. The minimum atomic E-state index is -0.131. The Balaban J connectivity index is 1.91. The lowest BCUT2D eigenvalue weighted by atomic mass is 9.97. The molecule has 0 spiro atoms. The van der Waals surface area contributed by atoms with Crippen molar-refractivity contribution in [2.45, 2.75) is 26.2 Å². The first-order valence-electron chi connectivity index (χ1n) is 8.77. The van der Waals surface area contributed by atoms with Gasteiger partial charge in [-0.05, 0) is 45.0 Å². The summed E-state index contributed by atoms with van der Waals surface area (Å²) in [4.78, 5) is 28.2. The van der Waals surface area contributed by atoms with Crippen molar-refractivity contribution in [1.29, 1.82) is 5.26 Å². The van der Waals surface area contributed by atoms with Gasteiger partial charge in [0.1, 0.15) is 0 Å². The standard InChI is InChI=1S/C19H25N3O3/c1-2-25-19(24)16-9-13-21(14-10-16)15-18(23)22(12-6-11-20)17-7-4-3-5-8-17/h3-5,7-8,16H,2,6,9-10,12-15H2,1H3. The number of amides is 1. The largest absolute Gasteiger partial charge is 0.466 e. The van der Waals surface area contributed by atoms with Crippen LogP contribution in [0.5, 0.6) is 0 Å². The number of nitriles is 1. The number of para-hydroxylation sites is 1. The third-order valence-corrected chi connectivity index (χ3v) is 4.38. The van der Waals surface area contributed by atoms with Gasteiger partial charge in [-0.3, -0.25) is 14.5 Å². The van der Waals surface area contributed by atoms with E-state index >= 15 is 0 Å². The number of carbonyl (C=O) groups is 2. The van der Waals surface area contributed by atoms with E-state index in [-0.39, 0.29) is 17.8 Å². The molecule has 0 atom stereocenters. The van der Waals surface area contributed by atoms with Crippen molar-refractivity contribution in [3.63, 3.8) is 0 Å². The highest BCUT2D eigenvalue weighted by Gasteiger charge is 2.28. The molecule has 134 valence electrons. The third kappa shape index (κ3) is 5.57. The SMILES string of the molecule is CCOC(=O)C1CCN(CC(=O)N(CCC#N)c2ccccc2)CC1. The number of esters is 1. The minimum absolute atomic E-state index is 0.0176. The summed E-state index contributed by atoms with van der Waals surface area (Å²) in [5.41, 5.74) is 0.809. The topological polar surface area (TPSA) is 73.6 Å². The lowest BCUT2D eigenvalue weighted by molar-refractivity contribution is -0.149. The van der Waals surface area contributed by atoms with Crippen molar-refractivity contribution in [2.24, 2.45) is 5.92 Å². The summed E-state index contributed by atoms with van der Waals surface area (Å²) in [5.74, 6) is -0.209. The average Bonchev–Trinajstić information content (AvgIpc) is 2.64. The van der Waals surface area contributed by atoms with Crippen LogP contribution in [0.2, 0.25) is 0 Å². The number of piperidine rings is 1. The number of anilines is 1. The number of carbonyl (C=O) groups excluding carboxylic acids is 2. The van der Waals surface area contributed by atoms with E-state index in [1.165, 1.54) is 0 Å². The number of nitrogens with zero attached hydrogens (tertiary/aromatic N) is 3. The maximum Gasteiger partial charge on any atom is 0.309 e. The highest BCUT2D eigenvalue weighted by molar-refractivity contribution is 5.94. The third-order valence-electron chi connectivity index (χ3n) is 4.38. The molecule has 1 aromatic carbocycles. The van der Waals surface area contributed by atoms with E-state index in [4.69, 9.17) is 10.00 Å². The van der Waals surface area contributed by atoms with Crippen LogP contribution in [0.4, 0.5) is 5.69 Å². The van der Waals surface area contributed by atoms with E-state index in [9.17, 15) is 9.59 Å². The van der Waals surface area contributed by atoms with E-state index in [0.717, 1.165) is 18.5 Å². The normalized spacial score (nSPS) is 15.4. The molecule has 0 radical (unpaired) electrons. The van der Waals surface area contributed by atoms with Crippen LogP contribution in [-0.2, 0) is 14.3 Å². The van der Waals surface area contributed by atoms with Crippen LogP contribution in [0, 0.1) is 17.2 Å². The molecule has 1 heterocycles. The summed E-state index contributed by atoms with van der Waals surface area (Å²) in [6, 6.07) is 11.5. The molecule has 0 aliphatic carbocycles. The number of hydrogen-bond donors (Lipinski definition) is 0. The van der Waals surface area contributed by atoms with Gasteiger partial charge in [-0.15, -0.1) is 0 Å². The molecule has 0 aromatic heterocycles. The van der Waals surface area contributed by atoms with E-state index in [2.05, 4.69) is 11.0 Å². The van der Waals surface area contributed by atoms with Gasteiger partial charge < -0.3 is 9.64 Å². The number of hydrogen-bond acceptors (Lipinski definition) is 5. The molecule has 0 bridgehead atoms. The van der Waals surface area contributed by atoms with Gasteiger partial charge in [-0.2, -0.15) is 5.26 Å². The first-order chi connectivity index (χ1) is 12.2. The van der Waals surface area contributed by atoms with Gasteiger partial charge in [0.15, 0.2) is 0 Å². The Labute approximate surface area is 149 Å². The molecule has 1 saturated heterocycles. The van der Waals surface area contributed by atoms with Gasteiger partial charge in [0, 0.05) is 12.2 Å². The molecular weight excluding hydrogens is 318 g/mol. The first-order valence-corrected chi connectivity index (χ1v) is 8.77. The van der Waals surface area contributed by atoms with Gasteiger partial charge in [-0.1, -0.05) is 18.2 Å². The van der Waals surface area contributed by atoms with Crippen molar-refractivity contribution < 1.29 is 14.3 Å². The number of likely N-dealkylation sites (tertiary alicyclic amines) is 1. The van der Waals surface area contributed by atoms with Gasteiger partial charge in [-0.25, -0.2) is 0 Å². The number of ether oxygens (including phenoxy) is 1. The summed E-state index contributed by atoms with van der Waals surface area (Å²) in [5, 5.41) is 8.85. The molecule has 6 nitrogen and oxygen atoms in total. The molecule has 0 N–H and O–H groups in total. The molecule has 2 rings (SSSR count). The zero-order valence-electron chi connectivity index (χ0n) is 14.7. The van der Waals surface area contributed by atoms with Crippen LogP contribution in [0.15, 0.2) is 30.3 Å². The van der Waals surface area contributed by atoms with Crippen molar-refractivity contribution >= 4 is 17.6 Å². The summed E-state index contributed by atoms with van der Waals surface area (Å²) in [6.45, 7) is 4.31. The number of benzene rings is 1. The molecule has 1 aliphatic rings. The summed E-state index contributed by atoms with van der Waals surface area (Å²) in [7, 11) is 0. The molecule has 1 aromatic rings. The molecule has 25 heavy (non-hydrogen) atoms. The molecule has 0 saturated carbocycles. The smallest absolute Gasteiger partial charge is 0.309 e. The molecule has 1 aliphatic heterocycles. The Hall–Kier alpha value is -2.39. The fourth-order valence-electron chi connectivity index (χ4n) is 3.03. The van der Waals surface area contributed by atoms with Gasteiger partial charge in [0.05, 0.1) is 31.6 Å². The van der Waals surface area contributed by atoms with Crippen LogP contribution in [-0.4, -0.2) is 49.6 Å². The van der Waals surface area contributed by atoms with E-state index < -0.39 is 0 Å². The quantitative estimate of drug-likeness (QED) is 0.710. The maximum atomic E-state index is 12.7. The minimum Gasteiger partial charge on any atom is -0.466 e. The predicted molar refractivity (Wildman–Crippen MR) is 94.8 cm³/mol. The molecule has 1 amide bonds. The second kappa shape index (κ2) is 9.80. The van der Waals surface area contributed by atoms with Crippen molar-refractivity contribution in [2.75, 3.05) is 37.7 Å². The van der Waals surface area contributed by atoms with Gasteiger partial charge >= 0.3 is 5.97 Å². The average molecular weight is 343 g/mol. The Morgan fingerprint density at radius 1 is 1.28 bits per heavy atom. The Kier molecular flexibility index (Phi) is 7.42. The van der Waals surface area contributed by atoms with Crippen molar-refractivity contribution in [1.82, 2.24) is 4.90 Å². The lowest BCUT2D eigenvalue weighted by Crippen LogP contribution is -2.44. The summed E-state index contributed by atoms with van der Waals surface area (Å²) in [6.07, 6.45) is 1.73. The Bertz CT molecular complexity index is 604. The Morgan fingerprint density at radius 2 is 1.96 bits per heavy atom. The van der Waals surface area contributed by atoms with E-state index in [0.29, 0.717) is 39.2 Å². The predicted octanol–water partition coefficient (Wildman–Crippen LogP) is 2.21. The van der Waals surface area contributed by atoms with Gasteiger partial charge in [0.25, 0.3) is 0 Å². The molecule has 0 unspecified atom stereocenters. The number of rotatable bonds is 7. The zero-order valence-corrected chi connectivity index (χ0v) is 14.7. The highest BCUT2D eigenvalue weighted by Crippen LogP contribution is 2.20. The fraction of sp³-hybridized carbons (Fsp3) is 0.526. The van der Waals surface area contributed by atoms with Crippen LogP contribution in [0.3, 0.4) is 0 Å². The van der Waals surface area contributed by atoms with Crippen LogP contribution >= 0.6 is 0 Å². The molecular formula is C19H25N3O3. The monoisotopic (exact) mass is 343 g/mol. The van der Waals surface area contributed by atoms with Crippen molar-refractivity contribution in [3.05, 3.63) is 30.3 Å². The van der Waals surface area contributed by atoms with Gasteiger partial charge in [0.2, 0.25) is 5.91 Å². The van der Waals surface area contributed by atoms with E-state index in [1.807, 2.05) is 37.3 Å². The van der Waals surface area contributed by atoms with Crippen LogP contribution in [0.1, 0.15) is 26.2 Å². The van der Waals surface area contributed by atoms with Crippen molar-refractivity contribution in [3.8, 4) is 6.07 Å². The second-order valence-corrected chi connectivity index (χ2v) is 6.09. The zero-order chi connectivity index (χ0) is 18.1. The maximum absolute atomic E-state index is 12.7. The van der Waals surface area contributed by atoms with E-state index in [1.54, 1.807) is 4.90 Å². The molecule has 1 fully saturated rings. The second-order valence-electron chi connectivity index (χ2n) is 6.09.